The van der Waals surface area contributed by atoms with Gasteiger partial charge in [0.05, 0.1) is 0 Å². The zero-order chi connectivity index (χ0) is 11.9. The maximum Gasteiger partial charge on any atom is 0.132 e. The third-order valence-electron chi connectivity index (χ3n) is 3.26. The quantitative estimate of drug-likeness (QED) is 0.537. The van der Waals surface area contributed by atoms with Gasteiger partial charge in [0.2, 0.25) is 0 Å². The maximum absolute atomic E-state index is 11.2. The summed E-state index contributed by atoms with van der Waals surface area (Å²) in [5.74, 6) is 0.558. The highest BCUT2D eigenvalue weighted by Gasteiger charge is 2.22. The molecule has 0 aliphatic rings. The molecule has 0 saturated carbocycles. The van der Waals surface area contributed by atoms with E-state index in [1.807, 2.05) is 0 Å². The molecule has 0 saturated heterocycles. The third kappa shape index (κ3) is 7.58. The molecule has 0 spiro atoms. The highest BCUT2D eigenvalue weighted by molar-refractivity contribution is 5.77. The van der Waals surface area contributed by atoms with Crippen molar-refractivity contribution < 1.29 is 4.79 Å². The van der Waals surface area contributed by atoms with Crippen LogP contribution in [0.3, 0.4) is 0 Å². The zero-order valence-corrected chi connectivity index (χ0v) is 11.2. The summed E-state index contributed by atoms with van der Waals surface area (Å²) in [5.41, 5.74) is 0.332. The summed E-state index contributed by atoms with van der Waals surface area (Å²) >= 11 is 0. The van der Waals surface area contributed by atoms with Crippen LogP contribution < -0.4 is 0 Å². The van der Waals surface area contributed by atoms with E-state index in [2.05, 4.69) is 27.7 Å². The third-order valence-corrected chi connectivity index (χ3v) is 3.26. The molecule has 90 valence electrons. The largest absolute Gasteiger partial charge is 0.300 e. The average Bonchev–Trinajstić information content (AvgIpc) is 2.11. The Hall–Kier alpha value is -0.330. The van der Waals surface area contributed by atoms with Gasteiger partial charge in [0.1, 0.15) is 5.78 Å². The predicted molar refractivity (Wildman–Crippen MR) is 67.0 cm³/mol. The van der Waals surface area contributed by atoms with E-state index >= 15 is 0 Å². The second-order valence-electron chi connectivity index (χ2n) is 5.69. The predicted octanol–water partition coefficient (Wildman–Crippen LogP) is 4.60. The molecular formula is C14H28O. The van der Waals surface area contributed by atoms with Crippen molar-refractivity contribution >= 4 is 5.78 Å². The minimum atomic E-state index is 0.228. The van der Waals surface area contributed by atoms with Crippen LogP contribution in [0.25, 0.3) is 0 Å². The molecule has 0 aromatic carbocycles. The van der Waals surface area contributed by atoms with Gasteiger partial charge in [0.25, 0.3) is 0 Å². The van der Waals surface area contributed by atoms with Gasteiger partial charge in [-0.3, -0.25) is 4.79 Å². The van der Waals surface area contributed by atoms with Crippen LogP contribution in [-0.4, -0.2) is 5.78 Å². The molecule has 0 N–H and O–H groups in total. The Balaban J connectivity index is 3.80. The lowest BCUT2D eigenvalue weighted by molar-refractivity contribution is -0.121. The van der Waals surface area contributed by atoms with E-state index in [0.29, 0.717) is 11.2 Å². The Morgan fingerprint density at radius 2 is 1.80 bits per heavy atom. The van der Waals surface area contributed by atoms with Crippen LogP contribution in [0, 0.1) is 11.3 Å². The van der Waals surface area contributed by atoms with Gasteiger partial charge in [-0.25, -0.2) is 0 Å². The van der Waals surface area contributed by atoms with Crippen LogP contribution >= 0.6 is 0 Å². The zero-order valence-electron chi connectivity index (χ0n) is 11.2. The molecule has 1 atom stereocenters. The first-order valence-electron chi connectivity index (χ1n) is 6.39. The summed E-state index contributed by atoms with van der Waals surface area (Å²) in [4.78, 5) is 11.2. The van der Waals surface area contributed by atoms with E-state index in [9.17, 15) is 4.79 Å². The number of ketones is 1. The number of hydrogen-bond acceptors (Lipinski definition) is 1. The first kappa shape index (κ1) is 14.7. The molecule has 0 fully saturated rings. The van der Waals surface area contributed by atoms with Crippen molar-refractivity contribution in [3.63, 3.8) is 0 Å². The summed E-state index contributed by atoms with van der Waals surface area (Å²) in [6.07, 6.45) is 7.58. The highest BCUT2D eigenvalue weighted by atomic mass is 16.1. The summed E-state index contributed by atoms with van der Waals surface area (Å²) in [7, 11) is 0. The van der Waals surface area contributed by atoms with Crippen molar-refractivity contribution in [2.45, 2.75) is 73.1 Å². The molecule has 0 aromatic rings. The molecule has 0 heterocycles. The van der Waals surface area contributed by atoms with Gasteiger partial charge in [-0.1, -0.05) is 53.4 Å². The Kier molecular flexibility index (Phi) is 6.87. The molecule has 15 heavy (non-hydrogen) atoms. The van der Waals surface area contributed by atoms with E-state index in [4.69, 9.17) is 0 Å². The molecule has 1 heteroatoms. The van der Waals surface area contributed by atoms with Crippen LogP contribution in [-0.2, 0) is 4.79 Å². The molecule has 0 bridgehead atoms. The number of carbonyl (C=O) groups excluding carboxylic acids is 1. The van der Waals surface area contributed by atoms with Gasteiger partial charge in [-0.15, -0.1) is 0 Å². The van der Waals surface area contributed by atoms with Gasteiger partial charge in [0.15, 0.2) is 0 Å². The van der Waals surface area contributed by atoms with Crippen LogP contribution in [0.5, 0.6) is 0 Å². The minimum Gasteiger partial charge on any atom is -0.300 e. The van der Waals surface area contributed by atoms with Crippen molar-refractivity contribution in [2.75, 3.05) is 0 Å². The summed E-state index contributed by atoms with van der Waals surface area (Å²) in [5, 5.41) is 0. The van der Waals surface area contributed by atoms with E-state index in [1.165, 1.54) is 32.1 Å². The molecule has 1 nitrogen and oxygen atoms in total. The fraction of sp³-hybridized carbons (Fsp3) is 0.929. The smallest absolute Gasteiger partial charge is 0.132 e. The van der Waals surface area contributed by atoms with E-state index < -0.39 is 0 Å². The number of carbonyl (C=O) groups is 1. The van der Waals surface area contributed by atoms with Crippen molar-refractivity contribution in [1.29, 1.82) is 0 Å². The first-order chi connectivity index (χ1) is 6.89. The summed E-state index contributed by atoms with van der Waals surface area (Å²) in [6, 6.07) is 0. The minimum absolute atomic E-state index is 0.228. The molecule has 0 amide bonds. The lowest BCUT2D eigenvalue weighted by atomic mass is 9.78. The fourth-order valence-electron chi connectivity index (χ4n) is 2.10. The van der Waals surface area contributed by atoms with E-state index in [0.717, 1.165) is 6.42 Å². The Labute approximate surface area is 95.6 Å². The molecule has 0 radical (unpaired) electrons. The average molecular weight is 212 g/mol. The highest BCUT2D eigenvalue weighted by Crippen LogP contribution is 2.31. The topological polar surface area (TPSA) is 17.1 Å². The van der Waals surface area contributed by atoms with Crippen molar-refractivity contribution in [2.24, 2.45) is 11.3 Å². The maximum atomic E-state index is 11.2. The Bertz CT molecular complexity index is 182. The molecule has 0 aliphatic heterocycles. The lowest BCUT2D eigenvalue weighted by Crippen LogP contribution is -2.19. The van der Waals surface area contributed by atoms with Crippen LogP contribution in [0.4, 0.5) is 0 Å². The fourth-order valence-corrected chi connectivity index (χ4v) is 2.10. The standard InChI is InChI=1S/C14H28O/c1-6-7-8-9-10-14(4,5)11-12(2)13(3)15/h12H,6-11H2,1-5H3. The molecule has 0 rings (SSSR count). The first-order valence-corrected chi connectivity index (χ1v) is 6.39. The monoisotopic (exact) mass is 212 g/mol. The van der Waals surface area contributed by atoms with Crippen molar-refractivity contribution in [3.8, 4) is 0 Å². The van der Waals surface area contributed by atoms with Gasteiger partial charge < -0.3 is 0 Å². The number of rotatable bonds is 8. The normalized spacial score (nSPS) is 13.9. The van der Waals surface area contributed by atoms with Crippen LogP contribution in [0.15, 0.2) is 0 Å². The SMILES string of the molecule is CCCCCCC(C)(C)CC(C)C(C)=O. The van der Waals surface area contributed by atoms with Gasteiger partial charge in [-0.05, 0) is 25.2 Å². The van der Waals surface area contributed by atoms with E-state index in [1.54, 1.807) is 6.92 Å². The molecular weight excluding hydrogens is 184 g/mol. The number of unbranched alkanes of at least 4 members (excludes halogenated alkanes) is 3. The van der Waals surface area contributed by atoms with Crippen LogP contribution in [0.2, 0.25) is 0 Å². The Morgan fingerprint density at radius 1 is 1.20 bits per heavy atom. The molecule has 1 unspecified atom stereocenters. The van der Waals surface area contributed by atoms with Gasteiger partial charge >= 0.3 is 0 Å². The van der Waals surface area contributed by atoms with E-state index in [-0.39, 0.29) is 5.92 Å². The van der Waals surface area contributed by atoms with Crippen LogP contribution in [0.1, 0.15) is 73.1 Å². The molecule has 0 aliphatic carbocycles. The molecule has 0 aromatic heterocycles. The summed E-state index contributed by atoms with van der Waals surface area (Å²) < 4.78 is 0. The second kappa shape index (κ2) is 7.03. The number of hydrogen-bond donors (Lipinski definition) is 0. The second-order valence-corrected chi connectivity index (χ2v) is 5.69. The Morgan fingerprint density at radius 3 is 2.27 bits per heavy atom. The lowest BCUT2D eigenvalue weighted by Gasteiger charge is -2.27. The van der Waals surface area contributed by atoms with Gasteiger partial charge in [0, 0.05) is 5.92 Å². The number of Topliss-reactive ketones (excluding diaryl/α,β-unsaturated/α-hetero) is 1. The van der Waals surface area contributed by atoms with Crippen molar-refractivity contribution in [1.82, 2.24) is 0 Å². The van der Waals surface area contributed by atoms with Crippen molar-refractivity contribution in [3.05, 3.63) is 0 Å². The summed E-state index contributed by atoms with van der Waals surface area (Å²) in [6.45, 7) is 10.6. The van der Waals surface area contributed by atoms with Gasteiger partial charge in [-0.2, -0.15) is 0 Å².